The molecule has 0 fully saturated rings. The normalized spacial score (nSPS) is 13.9. The number of fused-ring (bicyclic) bond motifs is 1. The average molecular weight is 494 g/mol. The molecule has 0 unspecified atom stereocenters. The predicted octanol–water partition coefficient (Wildman–Crippen LogP) is 3.06. The van der Waals surface area contributed by atoms with Crippen molar-refractivity contribution in [1.29, 1.82) is 0 Å². The molecule has 9 heteroatoms. The summed E-state index contributed by atoms with van der Waals surface area (Å²) in [6.45, 7) is 4.70. The van der Waals surface area contributed by atoms with Crippen molar-refractivity contribution in [2.75, 3.05) is 33.9 Å². The van der Waals surface area contributed by atoms with Crippen LogP contribution in [0.4, 0.5) is 0 Å². The maximum Gasteiger partial charge on any atom is 0.260 e. The largest absolute Gasteiger partial charge is 0.496 e. The highest BCUT2D eigenvalue weighted by atomic mass is 16.5. The minimum absolute atomic E-state index is 0.104. The second kappa shape index (κ2) is 10.7. The number of aryl methyl sites for hydroxylation is 1. The molecule has 3 heterocycles. The fourth-order valence-corrected chi connectivity index (χ4v) is 4.33. The first-order valence-corrected chi connectivity index (χ1v) is 11.9. The van der Waals surface area contributed by atoms with Crippen molar-refractivity contribution in [3.05, 3.63) is 81.7 Å². The number of carbonyl (C=O) groups is 2. The summed E-state index contributed by atoms with van der Waals surface area (Å²) in [5, 5.41) is 0. The molecule has 4 rings (SSSR count). The Morgan fingerprint density at radius 1 is 1.14 bits per heavy atom. The average Bonchev–Trinajstić information content (AvgIpc) is 3.33. The van der Waals surface area contributed by atoms with Gasteiger partial charge in [0, 0.05) is 44.9 Å². The van der Waals surface area contributed by atoms with E-state index < -0.39 is 0 Å². The van der Waals surface area contributed by atoms with E-state index in [4.69, 9.17) is 13.9 Å². The Morgan fingerprint density at radius 2 is 1.89 bits per heavy atom. The molecule has 0 aliphatic carbocycles. The van der Waals surface area contributed by atoms with Gasteiger partial charge in [-0.15, -0.1) is 0 Å². The first-order valence-electron chi connectivity index (χ1n) is 11.9. The number of rotatable bonds is 7. The number of hydrogen-bond donors (Lipinski definition) is 0. The fourth-order valence-electron chi connectivity index (χ4n) is 4.33. The van der Waals surface area contributed by atoms with Crippen LogP contribution in [0.3, 0.4) is 0 Å². The van der Waals surface area contributed by atoms with Gasteiger partial charge < -0.3 is 28.3 Å². The molecule has 0 bridgehead atoms. The summed E-state index contributed by atoms with van der Waals surface area (Å²) in [6, 6.07) is 12.1. The van der Waals surface area contributed by atoms with E-state index >= 15 is 0 Å². The van der Waals surface area contributed by atoms with Gasteiger partial charge in [-0.05, 0) is 38.1 Å². The zero-order chi connectivity index (χ0) is 25.8. The molecule has 0 saturated carbocycles. The van der Waals surface area contributed by atoms with Gasteiger partial charge in [-0.3, -0.25) is 14.4 Å². The highest BCUT2D eigenvalue weighted by Crippen LogP contribution is 2.28. The zero-order valence-electron chi connectivity index (χ0n) is 21.0. The maximum atomic E-state index is 13.6. The van der Waals surface area contributed by atoms with E-state index in [2.05, 4.69) is 0 Å². The molecular weight excluding hydrogens is 462 g/mol. The number of aromatic nitrogens is 1. The van der Waals surface area contributed by atoms with E-state index in [0.29, 0.717) is 42.3 Å². The molecule has 2 amide bonds. The number of pyridine rings is 1. The lowest BCUT2D eigenvalue weighted by atomic mass is 10.1. The Balaban J connectivity index is 1.55. The zero-order valence-corrected chi connectivity index (χ0v) is 21.0. The lowest BCUT2D eigenvalue weighted by Crippen LogP contribution is -2.37. The summed E-state index contributed by atoms with van der Waals surface area (Å²) in [7, 11) is 3.12. The van der Waals surface area contributed by atoms with Gasteiger partial charge in [-0.2, -0.15) is 0 Å². The van der Waals surface area contributed by atoms with Crippen LogP contribution in [-0.2, 0) is 17.8 Å². The van der Waals surface area contributed by atoms with Crippen molar-refractivity contribution >= 4 is 11.8 Å². The number of hydrogen-bond acceptors (Lipinski definition) is 6. The molecule has 190 valence electrons. The van der Waals surface area contributed by atoms with Crippen LogP contribution in [0.25, 0.3) is 0 Å². The number of nitrogens with zero attached hydrogens (tertiary/aromatic N) is 3. The van der Waals surface area contributed by atoms with Crippen molar-refractivity contribution < 1.29 is 23.5 Å². The van der Waals surface area contributed by atoms with Crippen molar-refractivity contribution in [2.45, 2.75) is 32.9 Å². The summed E-state index contributed by atoms with van der Waals surface area (Å²) >= 11 is 0. The van der Waals surface area contributed by atoms with E-state index in [9.17, 15) is 14.4 Å². The summed E-state index contributed by atoms with van der Waals surface area (Å²) in [6.07, 6.45) is 1.89. The fraction of sp³-hybridized carbons (Fsp3) is 0.370. The number of amides is 2. The number of benzene rings is 1. The highest BCUT2D eigenvalue weighted by molar-refractivity contribution is 5.98. The second-order valence-corrected chi connectivity index (χ2v) is 8.86. The molecule has 0 saturated heterocycles. The summed E-state index contributed by atoms with van der Waals surface area (Å²) in [5.74, 6) is 1.02. The number of furan rings is 1. The molecule has 2 aromatic heterocycles. The lowest BCUT2D eigenvalue weighted by molar-refractivity contribution is -0.133. The van der Waals surface area contributed by atoms with Crippen LogP contribution in [0.5, 0.6) is 11.5 Å². The van der Waals surface area contributed by atoms with E-state index in [0.717, 1.165) is 5.56 Å². The molecule has 0 spiro atoms. The maximum absolute atomic E-state index is 13.6. The van der Waals surface area contributed by atoms with Crippen LogP contribution in [0.15, 0.2) is 57.9 Å². The van der Waals surface area contributed by atoms with Gasteiger partial charge in [0.25, 0.3) is 17.4 Å². The minimum Gasteiger partial charge on any atom is -0.496 e. The Kier molecular flexibility index (Phi) is 7.47. The third-order valence-electron chi connectivity index (χ3n) is 6.62. The molecule has 1 atom stereocenters. The molecule has 0 radical (unpaired) electrons. The van der Waals surface area contributed by atoms with Crippen molar-refractivity contribution in [3.63, 3.8) is 0 Å². The summed E-state index contributed by atoms with van der Waals surface area (Å²) in [5.41, 5.74) is 1.71. The van der Waals surface area contributed by atoms with Gasteiger partial charge in [-0.25, -0.2) is 0 Å². The molecule has 36 heavy (non-hydrogen) atoms. The Labute approximate surface area is 209 Å². The van der Waals surface area contributed by atoms with Crippen molar-refractivity contribution in [2.24, 2.45) is 0 Å². The second-order valence-electron chi connectivity index (χ2n) is 8.86. The van der Waals surface area contributed by atoms with Crippen LogP contribution < -0.4 is 15.0 Å². The van der Waals surface area contributed by atoms with Crippen molar-refractivity contribution in [1.82, 2.24) is 14.4 Å². The predicted molar refractivity (Wildman–Crippen MR) is 133 cm³/mol. The van der Waals surface area contributed by atoms with Crippen molar-refractivity contribution in [3.8, 4) is 11.5 Å². The Bertz CT molecular complexity index is 1280. The number of ether oxygens (including phenoxy) is 2. The standard InChI is InChI=1S/C27H31N3O6/c1-18-7-9-20(10-8-18)36-17-25(32)29-12-11-21-26(23(34-4)16-24(31)30(21)14-13-29)27(33)28(3)19(2)22-6-5-15-35-22/h5-10,15-16,19H,11-14,17H2,1-4H3/t19-/m0/s1. The van der Waals surface area contributed by atoms with E-state index in [-0.39, 0.29) is 42.3 Å². The molecule has 1 aliphatic heterocycles. The summed E-state index contributed by atoms with van der Waals surface area (Å²) < 4.78 is 18.2. The molecule has 3 aromatic rings. The first kappa shape index (κ1) is 25.1. The van der Waals surface area contributed by atoms with Gasteiger partial charge in [0.1, 0.15) is 22.8 Å². The molecule has 0 N–H and O–H groups in total. The third-order valence-corrected chi connectivity index (χ3v) is 6.62. The topological polar surface area (TPSA) is 94.2 Å². The molecule has 1 aliphatic rings. The van der Waals surface area contributed by atoms with Crippen LogP contribution in [0, 0.1) is 6.92 Å². The SMILES string of the molecule is COc1cc(=O)n2c(c1C(=O)N(C)[C@@H](C)c1ccco1)CCN(C(=O)COc1ccc(C)cc1)CC2. The van der Waals surface area contributed by atoms with E-state index in [1.807, 2.05) is 44.2 Å². The number of methoxy groups -OCH3 is 1. The smallest absolute Gasteiger partial charge is 0.260 e. The van der Waals surface area contributed by atoms with Gasteiger partial charge in [0.2, 0.25) is 0 Å². The van der Waals surface area contributed by atoms with Gasteiger partial charge in [-0.1, -0.05) is 17.7 Å². The van der Waals surface area contributed by atoms with Crippen LogP contribution in [0.2, 0.25) is 0 Å². The lowest BCUT2D eigenvalue weighted by Gasteiger charge is -2.26. The van der Waals surface area contributed by atoms with Crippen LogP contribution >= 0.6 is 0 Å². The summed E-state index contributed by atoms with van der Waals surface area (Å²) in [4.78, 5) is 42.7. The quantitative estimate of drug-likeness (QED) is 0.502. The Hall–Kier alpha value is -4.01. The third kappa shape index (κ3) is 5.15. The van der Waals surface area contributed by atoms with E-state index in [1.165, 1.54) is 13.2 Å². The highest BCUT2D eigenvalue weighted by Gasteiger charge is 2.30. The van der Waals surface area contributed by atoms with E-state index in [1.54, 1.807) is 33.7 Å². The Morgan fingerprint density at radius 3 is 2.56 bits per heavy atom. The van der Waals surface area contributed by atoms with Gasteiger partial charge >= 0.3 is 0 Å². The molecular formula is C27H31N3O6. The van der Waals surface area contributed by atoms with Crippen LogP contribution in [0.1, 0.15) is 40.3 Å². The molecule has 9 nitrogen and oxygen atoms in total. The number of carbonyl (C=O) groups excluding carboxylic acids is 2. The minimum atomic E-state index is -0.326. The monoisotopic (exact) mass is 493 g/mol. The van der Waals surface area contributed by atoms with Gasteiger partial charge in [0.05, 0.1) is 19.4 Å². The first-order chi connectivity index (χ1) is 17.3. The van der Waals surface area contributed by atoms with Gasteiger partial charge in [0.15, 0.2) is 6.61 Å². The molecule has 1 aromatic carbocycles. The van der Waals surface area contributed by atoms with Crippen LogP contribution in [-0.4, -0.2) is 60.0 Å².